The van der Waals surface area contributed by atoms with Crippen LogP contribution in [0.1, 0.15) is 12.8 Å². The smallest absolute Gasteiger partial charge is 0.234 e. The maximum absolute atomic E-state index is 10.3. The highest BCUT2D eigenvalue weighted by atomic mass is 35.5. The molecule has 0 spiro atoms. The molecule has 0 aromatic heterocycles. The first kappa shape index (κ1) is 12.2. The standard InChI is InChI=1S/C6H12N2O.ClH/c1-2-3-4-5(7)6(8)9;/h2,5H,1,3-4,7H2,(H2,8,9);1H. The van der Waals surface area contributed by atoms with Gasteiger partial charge in [0.25, 0.3) is 0 Å². The van der Waals surface area contributed by atoms with Crippen LogP contribution >= 0.6 is 12.4 Å². The van der Waals surface area contributed by atoms with Crippen molar-refractivity contribution in [2.75, 3.05) is 0 Å². The Labute approximate surface area is 66.9 Å². The summed E-state index contributed by atoms with van der Waals surface area (Å²) < 4.78 is 0. The SMILES string of the molecule is C=CCCC(N)C(N)=O.Cl. The molecule has 1 unspecified atom stereocenters. The number of rotatable bonds is 4. The van der Waals surface area contributed by atoms with Gasteiger partial charge in [0.15, 0.2) is 0 Å². The number of hydrogen-bond acceptors (Lipinski definition) is 2. The van der Waals surface area contributed by atoms with Gasteiger partial charge in [0.2, 0.25) is 5.91 Å². The van der Waals surface area contributed by atoms with Gasteiger partial charge in [-0.05, 0) is 12.8 Å². The number of primary amides is 1. The van der Waals surface area contributed by atoms with E-state index in [1.165, 1.54) is 0 Å². The number of amides is 1. The van der Waals surface area contributed by atoms with Crippen LogP contribution in [0.5, 0.6) is 0 Å². The topological polar surface area (TPSA) is 69.1 Å². The maximum atomic E-state index is 10.3. The van der Waals surface area contributed by atoms with E-state index in [1.807, 2.05) is 0 Å². The highest BCUT2D eigenvalue weighted by Gasteiger charge is 2.05. The molecule has 4 heteroatoms. The minimum atomic E-state index is -0.511. The first-order valence-electron chi connectivity index (χ1n) is 2.84. The lowest BCUT2D eigenvalue weighted by Crippen LogP contribution is -2.35. The van der Waals surface area contributed by atoms with E-state index in [0.29, 0.717) is 6.42 Å². The van der Waals surface area contributed by atoms with Crippen molar-refractivity contribution in [1.29, 1.82) is 0 Å². The van der Waals surface area contributed by atoms with Gasteiger partial charge in [0.1, 0.15) is 0 Å². The van der Waals surface area contributed by atoms with E-state index < -0.39 is 11.9 Å². The molecule has 0 saturated heterocycles. The van der Waals surface area contributed by atoms with E-state index in [0.717, 1.165) is 6.42 Å². The fraction of sp³-hybridized carbons (Fsp3) is 0.500. The van der Waals surface area contributed by atoms with Crippen molar-refractivity contribution in [1.82, 2.24) is 0 Å². The molecule has 0 heterocycles. The third-order valence-electron chi connectivity index (χ3n) is 1.05. The van der Waals surface area contributed by atoms with Crippen LogP contribution in [0.2, 0.25) is 0 Å². The van der Waals surface area contributed by atoms with Crippen molar-refractivity contribution >= 4 is 18.3 Å². The van der Waals surface area contributed by atoms with Crippen molar-refractivity contribution in [3.63, 3.8) is 0 Å². The van der Waals surface area contributed by atoms with Crippen LogP contribution in [0.25, 0.3) is 0 Å². The summed E-state index contributed by atoms with van der Waals surface area (Å²) in [5.74, 6) is -0.447. The molecule has 0 saturated carbocycles. The monoisotopic (exact) mass is 164 g/mol. The molecule has 4 N–H and O–H groups in total. The predicted molar refractivity (Wildman–Crippen MR) is 43.8 cm³/mol. The van der Waals surface area contributed by atoms with Crippen molar-refractivity contribution in [3.8, 4) is 0 Å². The summed E-state index contributed by atoms with van der Waals surface area (Å²) in [4.78, 5) is 10.3. The largest absolute Gasteiger partial charge is 0.368 e. The number of halogens is 1. The van der Waals surface area contributed by atoms with E-state index in [2.05, 4.69) is 6.58 Å². The maximum Gasteiger partial charge on any atom is 0.234 e. The summed E-state index contributed by atoms with van der Waals surface area (Å²) in [5.41, 5.74) is 10.2. The lowest BCUT2D eigenvalue weighted by molar-refractivity contribution is -0.119. The quantitative estimate of drug-likeness (QED) is 0.583. The Morgan fingerprint density at radius 3 is 2.50 bits per heavy atom. The first-order chi connectivity index (χ1) is 4.18. The Kier molecular flexibility index (Phi) is 8.00. The van der Waals surface area contributed by atoms with Gasteiger partial charge >= 0.3 is 0 Å². The third kappa shape index (κ3) is 5.59. The molecule has 0 aromatic carbocycles. The predicted octanol–water partition coefficient (Wildman–Crippen LogP) is 0.187. The van der Waals surface area contributed by atoms with Gasteiger partial charge in [0.05, 0.1) is 6.04 Å². The van der Waals surface area contributed by atoms with Gasteiger partial charge in [-0.3, -0.25) is 4.79 Å². The van der Waals surface area contributed by atoms with Gasteiger partial charge in [0, 0.05) is 0 Å². The van der Waals surface area contributed by atoms with Crippen LogP contribution in [0.4, 0.5) is 0 Å². The van der Waals surface area contributed by atoms with Crippen LogP contribution in [-0.2, 0) is 4.79 Å². The van der Waals surface area contributed by atoms with Crippen molar-refractivity contribution < 1.29 is 4.79 Å². The van der Waals surface area contributed by atoms with Gasteiger partial charge in [-0.15, -0.1) is 19.0 Å². The Morgan fingerprint density at radius 1 is 1.70 bits per heavy atom. The Morgan fingerprint density at radius 2 is 2.20 bits per heavy atom. The fourth-order valence-corrected chi connectivity index (χ4v) is 0.440. The van der Waals surface area contributed by atoms with Crippen LogP contribution < -0.4 is 11.5 Å². The number of nitrogens with two attached hydrogens (primary N) is 2. The molecule has 3 nitrogen and oxygen atoms in total. The second kappa shape index (κ2) is 6.58. The molecule has 0 aliphatic rings. The van der Waals surface area contributed by atoms with Crippen molar-refractivity contribution in [3.05, 3.63) is 12.7 Å². The zero-order valence-electron chi connectivity index (χ0n) is 5.75. The van der Waals surface area contributed by atoms with E-state index >= 15 is 0 Å². The average molecular weight is 165 g/mol. The highest BCUT2D eigenvalue weighted by molar-refractivity contribution is 5.85. The lowest BCUT2D eigenvalue weighted by Gasteiger charge is -2.02. The van der Waals surface area contributed by atoms with Crippen LogP contribution in [0.3, 0.4) is 0 Å². The summed E-state index contributed by atoms with van der Waals surface area (Å²) in [6.45, 7) is 3.48. The van der Waals surface area contributed by atoms with Crippen molar-refractivity contribution in [2.45, 2.75) is 18.9 Å². The summed E-state index contributed by atoms with van der Waals surface area (Å²) in [6, 6.07) is -0.511. The van der Waals surface area contributed by atoms with E-state index in [-0.39, 0.29) is 12.4 Å². The number of carbonyl (C=O) groups excluding carboxylic acids is 1. The van der Waals surface area contributed by atoms with Gasteiger partial charge in [-0.1, -0.05) is 6.08 Å². The average Bonchev–Trinajstić information content (AvgIpc) is 1.82. The van der Waals surface area contributed by atoms with Crippen molar-refractivity contribution in [2.24, 2.45) is 11.5 Å². The molecule has 0 aliphatic carbocycles. The normalized spacial score (nSPS) is 11.3. The molecule has 0 aliphatic heterocycles. The fourth-order valence-electron chi connectivity index (χ4n) is 0.440. The molecule has 1 amide bonds. The summed E-state index contributed by atoms with van der Waals surface area (Å²) in [5, 5.41) is 0. The summed E-state index contributed by atoms with van der Waals surface area (Å²) >= 11 is 0. The molecule has 1 atom stereocenters. The van der Waals surface area contributed by atoms with E-state index in [1.54, 1.807) is 6.08 Å². The molecule has 60 valence electrons. The minimum Gasteiger partial charge on any atom is -0.368 e. The molecule has 0 fully saturated rings. The zero-order valence-corrected chi connectivity index (χ0v) is 6.56. The minimum absolute atomic E-state index is 0. The van der Waals surface area contributed by atoms with E-state index in [9.17, 15) is 4.79 Å². The molecular formula is C6H13ClN2O. The zero-order chi connectivity index (χ0) is 7.28. The Hall–Kier alpha value is -0.540. The van der Waals surface area contributed by atoms with Crippen LogP contribution in [0.15, 0.2) is 12.7 Å². The molecule has 0 rings (SSSR count). The van der Waals surface area contributed by atoms with Crippen LogP contribution in [-0.4, -0.2) is 11.9 Å². The number of allylic oxidation sites excluding steroid dienone is 1. The lowest BCUT2D eigenvalue weighted by atomic mass is 10.1. The Bertz CT molecular complexity index is 116. The molecular weight excluding hydrogens is 152 g/mol. The van der Waals surface area contributed by atoms with Gasteiger partial charge < -0.3 is 11.5 Å². The van der Waals surface area contributed by atoms with E-state index in [4.69, 9.17) is 11.5 Å². The second-order valence-corrected chi connectivity index (χ2v) is 1.87. The van der Waals surface area contributed by atoms with Crippen LogP contribution in [0, 0.1) is 0 Å². The first-order valence-corrected chi connectivity index (χ1v) is 2.84. The highest BCUT2D eigenvalue weighted by Crippen LogP contribution is 1.92. The second-order valence-electron chi connectivity index (χ2n) is 1.87. The van der Waals surface area contributed by atoms with Gasteiger partial charge in [-0.25, -0.2) is 0 Å². The number of carbonyl (C=O) groups is 1. The molecule has 0 aromatic rings. The molecule has 0 bridgehead atoms. The van der Waals surface area contributed by atoms with Gasteiger partial charge in [-0.2, -0.15) is 0 Å². The molecule has 0 radical (unpaired) electrons. The molecule has 10 heavy (non-hydrogen) atoms. The summed E-state index contributed by atoms with van der Waals surface area (Å²) in [6.07, 6.45) is 3.05. The third-order valence-corrected chi connectivity index (χ3v) is 1.05. The Balaban J connectivity index is 0. The summed E-state index contributed by atoms with van der Waals surface area (Å²) in [7, 11) is 0. The number of hydrogen-bond donors (Lipinski definition) is 2.